The molecule has 0 bridgehead atoms. The predicted octanol–water partition coefficient (Wildman–Crippen LogP) is 4.93. The van der Waals surface area contributed by atoms with E-state index in [1.165, 1.54) is 0 Å². The molecule has 6 nitrogen and oxygen atoms in total. The number of anilines is 2. The highest BCUT2D eigenvalue weighted by Crippen LogP contribution is 2.17. The summed E-state index contributed by atoms with van der Waals surface area (Å²) in [5.41, 5.74) is 3.00. The molecule has 0 aliphatic heterocycles. The normalized spacial score (nSPS) is 10.4. The summed E-state index contributed by atoms with van der Waals surface area (Å²) in [4.78, 5) is 24.6. The van der Waals surface area contributed by atoms with E-state index in [0.29, 0.717) is 55.4 Å². The number of nitrogens with one attached hydrogen (secondary N) is 2. The molecule has 0 aliphatic carbocycles. The molecule has 0 spiro atoms. The van der Waals surface area contributed by atoms with Crippen molar-refractivity contribution in [2.24, 2.45) is 0 Å². The summed E-state index contributed by atoms with van der Waals surface area (Å²) in [7, 11) is 0. The van der Waals surface area contributed by atoms with Gasteiger partial charge in [-0.3, -0.25) is 9.59 Å². The maximum atomic E-state index is 12.5. The van der Waals surface area contributed by atoms with Crippen molar-refractivity contribution in [3.05, 3.63) is 90.0 Å². The molecule has 2 N–H and O–H groups in total. The molecular formula is C26H28N2O4. The Morgan fingerprint density at radius 1 is 0.781 bits per heavy atom. The first-order valence-corrected chi connectivity index (χ1v) is 10.7. The summed E-state index contributed by atoms with van der Waals surface area (Å²) in [6, 6.07) is 23.9. The van der Waals surface area contributed by atoms with Gasteiger partial charge in [-0.15, -0.1) is 0 Å². The van der Waals surface area contributed by atoms with E-state index in [1.807, 2.05) is 37.3 Å². The van der Waals surface area contributed by atoms with Crippen molar-refractivity contribution in [3.8, 4) is 5.75 Å². The number of aryl methyl sites for hydroxylation is 1. The minimum absolute atomic E-state index is 0.0470. The van der Waals surface area contributed by atoms with E-state index in [-0.39, 0.29) is 11.8 Å². The lowest BCUT2D eigenvalue weighted by Gasteiger charge is -2.09. The number of hydrogen-bond acceptors (Lipinski definition) is 4. The number of rotatable bonds is 11. The lowest BCUT2D eigenvalue weighted by Crippen LogP contribution is -2.13. The Morgan fingerprint density at radius 3 is 2.09 bits per heavy atom. The molecule has 0 saturated heterocycles. The Balaban J connectivity index is 1.45. The van der Waals surface area contributed by atoms with Gasteiger partial charge in [-0.05, 0) is 67.4 Å². The van der Waals surface area contributed by atoms with Gasteiger partial charge in [0.1, 0.15) is 12.4 Å². The minimum atomic E-state index is -0.217. The second kappa shape index (κ2) is 12.3. The molecule has 0 unspecified atom stereocenters. The van der Waals surface area contributed by atoms with E-state index in [2.05, 4.69) is 10.6 Å². The molecule has 0 fully saturated rings. The number of amides is 2. The van der Waals surface area contributed by atoms with Crippen LogP contribution in [0.15, 0.2) is 78.9 Å². The molecule has 32 heavy (non-hydrogen) atoms. The van der Waals surface area contributed by atoms with E-state index >= 15 is 0 Å². The van der Waals surface area contributed by atoms with Crippen LogP contribution in [0.1, 0.15) is 29.3 Å². The van der Waals surface area contributed by atoms with Crippen molar-refractivity contribution in [1.29, 1.82) is 0 Å². The van der Waals surface area contributed by atoms with Crippen LogP contribution in [-0.4, -0.2) is 31.6 Å². The molecule has 0 aliphatic rings. The smallest absolute Gasteiger partial charge is 0.255 e. The lowest BCUT2D eigenvalue weighted by molar-refractivity contribution is -0.116. The Kier molecular flexibility index (Phi) is 8.83. The van der Waals surface area contributed by atoms with Crippen LogP contribution < -0.4 is 15.4 Å². The van der Waals surface area contributed by atoms with Crippen LogP contribution in [0.25, 0.3) is 0 Å². The Hall–Kier alpha value is -3.64. The third-order valence-electron chi connectivity index (χ3n) is 4.73. The predicted molar refractivity (Wildman–Crippen MR) is 126 cm³/mol. The molecule has 3 aromatic carbocycles. The van der Waals surface area contributed by atoms with Gasteiger partial charge < -0.3 is 20.1 Å². The molecule has 166 valence electrons. The van der Waals surface area contributed by atoms with E-state index < -0.39 is 0 Å². The number of hydrogen-bond donors (Lipinski definition) is 2. The average Bonchev–Trinajstić information content (AvgIpc) is 2.83. The van der Waals surface area contributed by atoms with Gasteiger partial charge in [0, 0.05) is 30.0 Å². The molecule has 6 heteroatoms. The topological polar surface area (TPSA) is 76.7 Å². The molecule has 2 amide bonds. The maximum absolute atomic E-state index is 12.5. The van der Waals surface area contributed by atoms with Gasteiger partial charge >= 0.3 is 0 Å². The van der Waals surface area contributed by atoms with E-state index in [4.69, 9.17) is 9.47 Å². The molecule has 0 saturated carbocycles. The first-order chi connectivity index (χ1) is 15.6. The van der Waals surface area contributed by atoms with Crippen LogP contribution in [-0.2, 0) is 16.0 Å². The van der Waals surface area contributed by atoms with Crippen LogP contribution >= 0.6 is 0 Å². The number of ether oxygens (including phenoxy) is 2. The Bertz CT molecular complexity index is 987. The monoisotopic (exact) mass is 432 g/mol. The summed E-state index contributed by atoms with van der Waals surface area (Å²) < 4.78 is 10.8. The Labute approximate surface area is 188 Å². The first kappa shape index (κ1) is 23.0. The zero-order valence-corrected chi connectivity index (χ0v) is 18.2. The first-order valence-electron chi connectivity index (χ1n) is 10.7. The van der Waals surface area contributed by atoms with Gasteiger partial charge in [-0.25, -0.2) is 0 Å². The summed E-state index contributed by atoms with van der Waals surface area (Å²) in [6.07, 6.45) is 1.10. The van der Waals surface area contributed by atoms with Crippen molar-refractivity contribution >= 4 is 23.2 Å². The summed E-state index contributed by atoms with van der Waals surface area (Å²) in [5.74, 6) is 0.424. The largest absolute Gasteiger partial charge is 0.491 e. The van der Waals surface area contributed by atoms with Crippen molar-refractivity contribution in [3.63, 3.8) is 0 Å². The number of carbonyl (C=O) groups excluding carboxylic acids is 2. The summed E-state index contributed by atoms with van der Waals surface area (Å²) in [6.45, 7) is 3.59. The fourth-order valence-electron chi connectivity index (χ4n) is 3.03. The molecule has 0 atom stereocenters. The SMILES string of the molecule is CCOCCOc1ccc(C(=O)Nc2ccc(NC(=O)CCc3ccccc3)cc2)cc1. The van der Waals surface area contributed by atoms with Crippen LogP contribution in [0.2, 0.25) is 0 Å². The quantitative estimate of drug-likeness (QED) is 0.422. The molecular weight excluding hydrogens is 404 g/mol. The van der Waals surface area contributed by atoms with E-state index in [1.54, 1.807) is 48.5 Å². The van der Waals surface area contributed by atoms with Gasteiger partial charge in [0.25, 0.3) is 5.91 Å². The summed E-state index contributed by atoms with van der Waals surface area (Å²) in [5, 5.41) is 5.73. The molecule has 0 radical (unpaired) electrons. The number of benzene rings is 3. The lowest BCUT2D eigenvalue weighted by atomic mass is 10.1. The van der Waals surface area contributed by atoms with Crippen molar-refractivity contribution in [2.75, 3.05) is 30.5 Å². The van der Waals surface area contributed by atoms with E-state index in [9.17, 15) is 9.59 Å². The highest BCUT2D eigenvalue weighted by molar-refractivity contribution is 6.04. The van der Waals surface area contributed by atoms with Crippen LogP contribution in [0, 0.1) is 0 Å². The molecule has 3 rings (SSSR count). The standard InChI is InChI=1S/C26H28N2O4/c1-2-31-18-19-32-24-15-9-21(10-16-24)26(30)28-23-13-11-22(12-14-23)27-25(29)17-8-20-6-4-3-5-7-20/h3-7,9-16H,2,8,17-19H2,1H3,(H,27,29)(H,28,30). The fourth-order valence-corrected chi connectivity index (χ4v) is 3.03. The highest BCUT2D eigenvalue weighted by Gasteiger charge is 2.08. The van der Waals surface area contributed by atoms with Crippen LogP contribution in [0.5, 0.6) is 5.75 Å². The highest BCUT2D eigenvalue weighted by atomic mass is 16.5. The number of carbonyl (C=O) groups is 2. The fraction of sp³-hybridized carbons (Fsp3) is 0.231. The van der Waals surface area contributed by atoms with Gasteiger partial charge in [-0.2, -0.15) is 0 Å². The summed E-state index contributed by atoms with van der Waals surface area (Å²) >= 11 is 0. The van der Waals surface area contributed by atoms with Crippen molar-refractivity contribution < 1.29 is 19.1 Å². The zero-order valence-electron chi connectivity index (χ0n) is 18.2. The molecule has 0 aromatic heterocycles. The van der Waals surface area contributed by atoms with Gasteiger partial charge in [-0.1, -0.05) is 30.3 Å². The molecule has 0 heterocycles. The van der Waals surface area contributed by atoms with Crippen molar-refractivity contribution in [2.45, 2.75) is 19.8 Å². The average molecular weight is 433 g/mol. The molecule has 3 aromatic rings. The van der Waals surface area contributed by atoms with Gasteiger partial charge in [0.05, 0.1) is 6.61 Å². The second-order valence-electron chi connectivity index (χ2n) is 7.14. The van der Waals surface area contributed by atoms with Crippen molar-refractivity contribution in [1.82, 2.24) is 0 Å². The van der Waals surface area contributed by atoms with Crippen LogP contribution in [0.4, 0.5) is 11.4 Å². The van der Waals surface area contributed by atoms with Crippen LogP contribution in [0.3, 0.4) is 0 Å². The van der Waals surface area contributed by atoms with Gasteiger partial charge in [0.15, 0.2) is 0 Å². The third-order valence-corrected chi connectivity index (χ3v) is 4.73. The third kappa shape index (κ3) is 7.56. The minimum Gasteiger partial charge on any atom is -0.491 e. The zero-order chi connectivity index (χ0) is 22.6. The van der Waals surface area contributed by atoms with Gasteiger partial charge in [0.2, 0.25) is 5.91 Å². The maximum Gasteiger partial charge on any atom is 0.255 e. The van der Waals surface area contributed by atoms with E-state index in [0.717, 1.165) is 5.56 Å². The Morgan fingerprint density at radius 2 is 1.44 bits per heavy atom. The second-order valence-corrected chi connectivity index (χ2v) is 7.14.